The van der Waals surface area contributed by atoms with Crippen LogP contribution in [0.1, 0.15) is 15.4 Å². The van der Waals surface area contributed by atoms with Crippen LogP contribution in [0.25, 0.3) is 10.2 Å². The summed E-state index contributed by atoms with van der Waals surface area (Å²) in [4.78, 5) is 20.7. The zero-order valence-electron chi connectivity index (χ0n) is 11.6. The van der Waals surface area contributed by atoms with E-state index in [0.717, 1.165) is 29.9 Å². The molecule has 0 fully saturated rings. The molecule has 0 saturated carbocycles. The molecule has 2 N–H and O–H groups in total. The molecule has 7 heteroatoms. The Kier molecular flexibility index (Phi) is 4.03. The first-order valence-electron chi connectivity index (χ1n) is 6.62. The lowest BCUT2D eigenvalue weighted by Crippen LogP contribution is -2.18. The van der Waals surface area contributed by atoms with E-state index in [-0.39, 0.29) is 5.97 Å². The van der Waals surface area contributed by atoms with Crippen LogP contribution in [-0.2, 0) is 17.8 Å². The zero-order valence-corrected chi connectivity index (χ0v) is 12.4. The van der Waals surface area contributed by atoms with E-state index in [1.54, 1.807) is 17.5 Å². The van der Waals surface area contributed by atoms with Gasteiger partial charge in [-0.15, -0.1) is 11.3 Å². The molecule has 0 atom stereocenters. The number of carbonyl (C=O) groups excluding carboxylic acids is 1. The van der Waals surface area contributed by atoms with Crippen molar-refractivity contribution in [3.63, 3.8) is 0 Å². The highest BCUT2D eigenvalue weighted by Gasteiger charge is 2.11. The lowest BCUT2D eigenvalue weighted by molar-refractivity contribution is 0.0595. The molecule has 6 nitrogen and oxygen atoms in total. The maximum Gasteiger partial charge on any atom is 0.354 e. The fraction of sp³-hybridized carbons (Fsp3) is 0.286. The Hall–Kier alpha value is -2.12. The van der Waals surface area contributed by atoms with E-state index in [0.29, 0.717) is 5.69 Å². The van der Waals surface area contributed by atoms with E-state index >= 15 is 0 Å². The van der Waals surface area contributed by atoms with Crippen LogP contribution in [0.5, 0.6) is 0 Å². The number of ether oxygens (including phenoxy) is 1. The van der Waals surface area contributed by atoms with E-state index in [1.165, 1.54) is 12.0 Å². The van der Waals surface area contributed by atoms with Crippen molar-refractivity contribution >= 4 is 27.5 Å². The SMILES string of the molecule is COC(=O)c1cc2cc(CNCCn3ccnc3)sc2[nH]1. The minimum Gasteiger partial charge on any atom is -0.464 e. The maximum absolute atomic E-state index is 11.4. The van der Waals surface area contributed by atoms with Gasteiger partial charge in [0.05, 0.1) is 13.4 Å². The first-order chi connectivity index (χ1) is 10.3. The van der Waals surface area contributed by atoms with E-state index in [2.05, 4.69) is 21.4 Å². The molecule has 0 aromatic carbocycles. The van der Waals surface area contributed by atoms with Crippen LogP contribution in [0.2, 0.25) is 0 Å². The molecule has 0 spiro atoms. The number of H-pyrrole nitrogens is 1. The molecule has 0 bridgehead atoms. The second-order valence-electron chi connectivity index (χ2n) is 4.65. The van der Waals surface area contributed by atoms with Crippen molar-refractivity contribution in [2.75, 3.05) is 13.7 Å². The van der Waals surface area contributed by atoms with Crippen LogP contribution in [0, 0.1) is 0 Å². The standard InChI is InChI=1S/C14H16N4O2S/c1-20-14(19)12-7-10-6-11(21-13(10)17-12)8-15-2-4-18-5-3-16-9-18/h3,5-7,9,15,17H,2,4,8H2,1H3. The Morgan fingerprint density at radius 2 is 2.43 bits per heavy atom. The summed E-state index contributed by atoms with van der Waals surface area (Å²) in [5.74, 6) is -0.335. The third-order valence-electron chi connectivity index (χ3n) is 3.17. The second-order valence-corrected chi connectivity index (χ2v) is 5.79. The van der Waals surface area contributed by atoms with Gasteiger partial charge in [-0.25, -0.2) is 9.78 Å². The maximum atomic E-state index is 11.4. The topological polar surface area (TPSA) is 71.9 Å². The van der Waals surface area contributed by atoms with Crippen LogP contribution in [0.3, 0.4) is 0 Å². The van der Waals surface area contributed by atoms with Crippen LogP contribution < -0.4 is 5.32 Å². The molecule has 3 heterocycles. The molecule has 21 heavy (non-hydrogen) atoms. The van der Waals surface area contributed by atoms with Crippen LogP contribution >= 0.6 is 11.3 Å². The van der Waals surface area contributed by atoms with Gasteiger partial charge in [0.2, 0.25) is 0 Å². The number of thiophene rings is 1. The molecule has 3 aromatic heterocycles. The molecule has 0 aliphatic rings. The predicted molar refractivity (Wildman–Crippen MR) is 81.4 cm³/mol. The molecule has 0 aliphatic heterocycles. The van der Waals surface area contributed by atoms with E-state index < -0.39 is 0 Å². The first-order valence-corrected chi connectivity index (χ1v) is 7.44. The Morgan fingerprint density at radius 3 is 3.14 bits per heavy atom. The van der Waals surface area contributed by atoms with Gasteiger partial charge in [-0.3, -0.25) is 0 Å². The third kappa shape index (κ3) is 3.14. The highest BCUT2D eigenvalue weighted by Crippen LogP contribution is 2.26. The van der Waals surface area contributed by atoms with Crippen molar-refractivity contribution in [1.29, 1.82) is 0 Å². The number of hydrogen-bond donors (Lipinski definition) is 2. The van der Waals surface area contributed by atoms with Crippen molar-refractivity contribution < 1.29 is 9.53 Å². The molecule has 0 radical (unpaired) electrons. The molecule has 0 aliphatic carbocycles. The highest BCUT2D eigenvalue weighted by atomic mass is 32.1. The Morgan fingerprint density at radius 1 is 1.52 bits per heavy atom. The number of nitrogens with one attached hydrogen (secondary N) is 2. The summed E-state index contributed by atoms with van der Waals surface area (Å²) in [5, 5.41) is 4.44. The molecule has 3 rings (SSSR count). The van der Waals surface area contributed by atoms with Gasteiger partial charge in [0, 0.05) is 42.3 Å². The van der Waals surface area contributed by atoms with E-state index in [4.69, 9.17) is 4.74 Å². The Bertz CT molecular complexity index is 698. The van der Waals surface area contributed by atoms with Gasteiger partial charge >= 0.3 is 5.97 Å². The summed E-state index contributed by atoms with van der Waals surface area (Å²) in [5.41, 5.74) is 0.498. The van der Waals surface area contributed by atoms with Crippen molar-refractivity contribution in [2.24, 2.45) is 0 Å². The summed E-state index contributed by atoms with van der Waals surface area (Å²) in [6, 6.07) is 3.92. The summed E-state index contributed by atoms with van der Waals surface area (Å²) in [6.45, 7) is 2.60. The van der Waals surface area contributed by atoms with E-state index in [9.17, 15) is 4.79 Å². The van der Waals surface area contributed by atoms with Crippen molar-refractivity contribution in [1.82, 2.24) is 19.9 Å². The highest BCUT2D eigenvalue weighted by molar-refractivity contribution is 7.18. The Labute approximate surface area is 125 Å². The number of hydrogen-bond acceptors (Lipinski definition) is 5. The van der Waals surface area contributed by atoms with Crippen LogP contribution in [0.15, 0.2) is 30.9 Å². The number of imidazole rings is 1. The minimum absolute atomic E-state index is 0.335. The number of carbonyl (C=O) groups is 1. The fourth-order valence-electron chi connectivity index (χ4n) is 2.12. The number of fused-ring (bicyclic) bond motifs is 1. The first kappa shape index (κ1) is 13.8. The number of methoxy groups -OCH3 is 1. The molecule has 0 amide bonds. The van der Waals surface area contributed by atoms with Crippen molar-refractivity contribution in [2.45, 2.75) is 13.1 Å². The number of aromatic amines is 1. The van der Waals surface area contributed by atoms with Crippen LogP contribution in [-0.4, -0.2) is 34.2 Å². The molecule has 3 aromatic rings. The fourth-order valence-corrected chi connectivity index (χ4v) is 3.14. The molecule has 0 saturated heterocycles. The van der Waals surface area contributed by atoms with Crippen molar-refractivity contribution in [3.8, 4) is 0 Å². The number of esters is 1. The molecule has 110 valence electrons. The Balaban J connectivity index is 1.55. The molecule has 0 unspecified atom stereocenters. The lowest BCUT2D eigenvalue weighted by Gasteiger charge is -2.03. The molecular weight excluding hydrogens is 288 g/mol. The summed E-state index contributed by atoms with van der Waals surface area (Å²) >= 11 is 1.65. The van der Waals surface area contributed by atoms with Crippen molar-refractivity contribution in [3.05, 3.63) is 41.4 Å². The van der Waals surface area contributed by atoms with E-state index in [1.807, 2.05) is 23.2 Å². The largest absolute Gasteiger partial charge is 0.464 e. The smallest absolute Gasteiger partial charge is 0.354 e. The summed E-state index contributed by atoms with van der Waals surface area (Å²) in [7, 11) is 1.38. The minimum atomic E-state index is -0.335. The number of nitrogens with zero attached hydrogens (tertiary/aromatic N) is 2. The quantitative estimate of drug-likeness (QED) is 0.540. The van der Waals surface area contributed by atoms with Gasteiger partial charge in [-0.05, 0) is 12.1 Å². The van der Waals surface area contributed by atoms with Crippen LogP contribution in [0.4, 0.5) is 0 Å². The summed E-state index contributed by atoms with van der Waals surface area (Å²) < 4.78 is 6.73. The lowest BCUT2D eigenvalue weighted by atomic mass is 10.3. The average molecular weight is 304 g/mol. The summed E-state index contributed by atoms with van der Waals surface area (Å²) in [6.07, 6.45) is 5.54. The normalized spacial score (nSPS) is 11.1. The predicted octanol–water partition coefficient (Wildman–Crippen LogP) is 2.00. The average Bonchev–Trinajstić information content (AvgIpc) is 3.18. The van der Waals surface area contributed by atoms with Gasteiger partial charge in [0.15, 0.2) is 0 Å². The second kappa shape index (κ2) is 6.11. The van der Waals surface area contributed by atoms with Gasteiger partial charge in [-0.1, -0.05) is 0 Å². The van der Waals surface area contributed by atoms with Gasteiger partial charge in [-0.2, -0.15) is 0 Å². The zero-order chi connectivity index (χ0) is 14.7. The third-order valence-corrected chi connectivity index (χ3v) is 4.24. The number of rotatable bonds is 6. The number of aromatic nitrogens is 3. The van der Waals surface area contributed by atoms with Gasteiger partial charge < -0.3 is 19.6 Å². The van der Waals surface area contributed by atoms with Gasteiger partial charge in [0.25, 0.3) is 0 Å². The molecular formula is C14H16N4O2S. The monoisotopic (exact) mass is 304 g/mol. The van der Waals surface area contributed by atoms with Gasteiger partial charge in [0.1, 0.15) is 10.5 Å².